The van der Waals surface area contributed by atoms with Crippen molar-refractivity contribution in [3.8, 4) is 11.6 Å². The number of hydrogen-bond acceptors (Lipinski definition) is 7. The van der Waals surface area contributed by atoms with Gasteiger partial charge in [-0.1, -0.05) is 61.0 Å². The Morgan fingerprint density at radius 3 is 2.47 bits per heavy atom. The molecule has 1 amide bonds. The Balaban J connectivity index is 1.16. The molecular formula is C37H39N5O3. The number of anilines is 4. The van der Waals surface area contributed by atoms with Gasteiger partial charge in [-0.25, -0.2) is 14.7 Å². The Bertz CT molecular complexity index is 1750. The fourth-order valence-corrected chi connectivity index (χ4v) is 5.85. The van der Waals surface area contributed by atoms with Crippen molar-refractivity contribution in [2.24, 2.45) is 0 Å². The fraction of sp³-hybridized carbons (Fsp3) is 0.270. The molecule has 45 heavy (non-hydrogen) atoms. The third-order valence-corrected chi connectivity index (χ3v) is 8.09. The number of amides is 1. The van der Waals surface area contributed by atoms with Crippen molar-refractivity contribution in [1.29, 1.82) is 0 Å². The molecule has 0 atom stereocenters. The van der Waals surface area contributed by atoms with Crippen LogP contribution in [-0.4, -0.2) is 47.2 Å². The van der Waals surface area contributed by atoms with E-state index in [0.29, 0.717) is 18.2 Å². The van der Waals surface area contributed by atoms with E-state index in [2.05, 4.69) is 26.3 Å². The summed E-state index contributed by atoms with van der Waals surface area (Å²) in [7, 11) is 0. The largest absolute Gasteiger partial charge is 0.493 e. The van der Waals surface area contributed by atoms with Gasteiger partial charge in [-0.05, 0) is 92.4 Å². The fourth-order valence-electron chi connectivity index (χ4n) is 5.85. The Kier molecular flexibility index (Phi) is 9.51. The number of nitrogens with one attached hydrogen (secondary N) is 1. The number of nitrogens with zero attached hydrogens (tertiary/aromatic N) is 4. The number of piperidine rings is 1. The first-order valence-electron chi connectivity index (χ1n) is 15.7. The molecule has 8 nitrogen and oxygen atoms in total. The third kappa shape index (κ3) is 7.59. The Hall–Kier alpha value is -4.95. The summed E-state index contributed by atoms with van der Waals surface area (Å²) < 4.78 is 11.9. The topological polar surface area (TPSA) is 79.8 Å². The standard InChI is InChI=1S/C37H39N5O3/c1-27-11-8-12-28(2)35(27)42(32-18-17-29-13-4-5-14-30(29)25-32)37(43)45-34-19-20-38-36(40-34)39-31-15-9-16-33(26-31)44-24-10-23-41-21-6-3-7-22-41/h4-5,8-9,11-20,25-26H,3,6-7,10,21-24H2,1-2H3,(H,38,39,40). The van der Waals surface area contributed by atoms with Crippen molar-refractivity contribution in [2.45, 2.75) is 39.5 Å². The molecule has 0 aliphatic carbocycles. The highest BCUT2D eigenvalue weighted by molar-refractivity contribution is 6.01. The van der Waals surface area contributed by atoms with Gasteiger partial charge in [0.1, 0.15) is 5.75 Å². The highest BCUT2D eigenvalue weighted by Gasteiger charge is 2.24. The van der Waals surface area contributed by atoms with E-state index >= 15 is 0 Å². The minimum absolute atomic E-state index is 0.139. The number of aromatic nitrogens is 2. The highest BCUT2D eigenvalue weighted by Crippen LogP contribution is 2.34. The predicted molar refractivity (Wildman–Crippen MR) is 180 cm³/mol. The van der Waals surface area contributed by atoms with Crippen molar-refractivity contribution in [3.63, 3.8) is 0 Å². The number of fused-ring (bicyclic) bond motifs is 1. The van der Waals surface area contributed by atoms with E-state index in [1.54, 1.807) is 17.2 Å². The number of hydrogen-bond donors (Lipinski definition) is 1. The van der Waals surface area contributed by atoms with Crippen LogP contribution in [0, 0.1) is 13.8 Å². The number of aryl methyl sites for hydroxylation is 2. The highest BCUT2D eigenvalue weighted by atomic mass is 16.6. The van der Waals surface area contributed by atoms with Gasteiger partial charge in [0, 0.05) is 30.6 Å². The van der Waals surface area contributed by atoms with Gasteiger partial charge >= 0.3 is 6.09 Å². The molecule has 5 aromatic rings. The molecule has 0 radical (unpaired) electrons. The molecule has 1 aliphatic rings. The molecule has 2 heterocycles. The first kappa shape index (κ1) is 30.1. The molecule has 230 valence electrons. The second-order valence-electron chi connectivity index (χ2n) is 11.5. The third-order valence-electron chi connectivity index (χ3n) is 8.09. The molecule has 1 aromatic heterocycles. The molecule has 8 heteroatoms. The summed E-state index contributed by atoms with van der Waals surface area (Å²) in [6, 6.07) is 29.3. The number of benzene rings is 4. The van der Waals surface area contributed by atoms with E-state index < -0.39 is 6.09 Å². The van der Waals surface area contributed by atoms with Crippen molar-refractivity contribution < 1.29 is 14.3 Å². The number of para-hydroxylation sites is 1. The minimum Gasteiger partial charge on any atom is -0.493 e. The van der Waals surface area contributed by atoms with Crippen molar-refractivity contribution >= 4 is 39.9 Å². The minimum atomic E-state index is -0.563. The normalized spacial score (nSPS) is 13.4. The lowest BCUT2D eigenvalue weighted by atomic mass is 10.1. The van der Waals surface area contributed by atoms with Crippen LogP contribution in [0.15, 0.2) is 97.2 Å². The van der Waals surface area contributed by atoms with Crippen LogP contribution in [0.4, 0.5) is 27.8 Å². The zero-order valence-electron chi connectivity index (χ0n) is 25.9. The summed E-state index contributed by atoms with van der Waals surface area (Å²) in [4.78, 5) is 26.9. The van der Waals surface area contributed by atoms with Crippen LogP contribution in [0.1, 0.15) is 36.8 Å². The molecule has 6 rings (SSSR count). The lowest BCUT2D eigenvalue weighted by Gasteiger charge is -2.26. The Labute approximate surface area is 264 Å². The van der Waals surface area contributed by atoms with Crippen LogP contribution in [0.25, 0.3) is 10.8 Å². The van der Waals surface area contributed by atoms with Crippen molar-refractivity contribution in [1.82, 2.24) is 14.9 Å². The second kappa shape index (κ2) is 14.2. The molecule has 4 aromatic carbocycles. The zero-order valence-corrected chi connectivity index (χ0v) is 25.9. The van der Waals surface area contributed by atoms with Crippen LogP contribution < -0.4 is 19.7 Å². The van der Waals surface area contributed by atoms with Crippen LogP contribution >= 0.6 is 0 Å². The van der Waals surface area contributed by atoms with E-state index in [1.807, 2.05) is 92.7 Å². The van der Waals surface area contributed by atoms with Gasteiger partial charge in [0.25, 0.3) is 0 Å². The van der Waals surface area contributed by atoms with E-state index in [1.165, 1.54) is 32.4 Å². The maximum Gasteiger partial charge on any atom is 0.425 e. The smallest absolute Gasteiger partial charge is 0.425 e. The van der Waals surface area contributed by atoms with Crippen LogP contribution in [0.5, 0.6) is 11.6 Å². The van der Waals surface area contributed by atoms with Gasteiger partial charge < -0.3 is 19.7 Å². The molecule has 1 saturated heterocycles. The van der Waals surface area contributed by atoms with Crippen LogP contribution in [-0.2, 0) is 0 Å². The zero-order chi connectivity index (χ0) is 31.0. The number of likely N-dealkylation sites (tertiary alicyclic amines) is 1. The van der Waals surface area contributed by atoms with Crippen LogP contribution in [0.3, 0.4) is 0 Å². The SMILES string of the molecule is Cc1cccc(C)c1N(C(=O)Oc1ccnc(Nc2cccc(OCCCN3CCCCC3)c2)n1)c1ccc2ccccc2c1. The molecule has 1 fully saturated rings. The summed E-state index contributed by atoms with van der Waals surface area (Å²) in [6.45, 7) is 8.10. The second-order valence-corrected chi connectivity index (χ2v) is 11.5. The van der Waals surface area contributed by atoms with Crippen molar-refractivity contribution in [2.75, 3.05) is 36.5 Å². The summed E-state index contributed by atoms with van der Waals surface area (Å²) in [5.74, 6) is 1.23. The summed E-state index contributed by atoms with van der Waals surface area (Å²) in [6.07, 6.45) is 5.94. The van der Waals surface area contributed by atoms with E-state index in [0.717, 1.165) is 52.0 Å². The summed E-state index contributed by atoms with van der Waals surface area (Å²) >= 11 is 0. The first-order chi connectivity index (χ1) is 22.0. The number of carbonyl (C=O) groups excluding carboxylic acids is 1. The lowest BCUT2D eigenvalue weighted by Crippen LogP contribution is -2.31. The number of rotatable bonds is 10. The molecule has 1 N–H and O–H groups in total. The maximum atomic E-state index is 13.9. The quantitative estimate of drug-likeness (QED) is 0.161. The van der Waals surface area contributed by atoms with E-state index in [4.69, 9.17) is 9.47 Å². The van der Waals surface area contributed by atoms with Gasteiger partial charge in [-0.3, -0.25) is 0 Å². The first-order valence-corrected chi connectivity index (χ1v) is 15.7. The van der Waals surface area contributed by atoms with Crippen LogP contribution in [0.2, 0.25) is 0 Å². The average molecular weight is 602 g/mol. The number of ether oxygens (including phenoxy) is 2. The number of carbonyl (C=O) groups is 1. The van der Waals surface area contributed by atoms with Gasteiger partial charge in [-0.15, -0.1) is 0 Å². The Morgan fingerprint density at radius 2 is 1.64 bits per heavy atom. The molecule has 0 bridgehead atoms. The van der Waals surface area contributed by atoms with Gasteiger partial charge in [-0.2, -0.15) is 4.98 Å². The monoisotopic (exact) mass is 601 g/mol. The molecule has 0 saturated carbocycles. The predicted octanol–water partition coefficient (Wildman–Crippen LogP) is 8.58. The maximum absolute atomic E-state index is 13.9. The van der Waals surface area contributed by atoms with Gasteiger partial charge in [0.15, 0.2) is 0 Å². The average Bonchev–Trinajstić information content (AvgIpc) is 3.05. The molecule has 0 spiro atoms. The summed E-state index contributed by atoms with van der Waals surface area (Å²) in [5.41, 5.74) is 4.17. The molecular weight excluding hydrogens is 562 g/mol. The van der Waals surface area contributed by atoms with E-state index in [-0.39, 0.29) is 5.88 Å². The Morgan fingerprint density at radius 1 is 0.867 bits per heavy atom. The van der Waals surface area contributed by atoms with Crippen molar-refractivity contribution in [3.05, 3.63) is 108 Å². The lowest BCUT2D eigenvalue weighted by molar-refractivity contribution is 0.205. The van der Waals surface area contributed by atoms with E-state index in [9.17, 15) is 4.79 Å². The summed E-state index contributed by atoms with van der Waals surface area (Å²) in [5, 5.41) is 5.34. The van der Waals surface area contributed by atoms with Gasteiger partial charge in [0.05, 0.1) is 18.0 Å². The molecule has 1 aliphatic heterocycles. The molecule has 0 unspecified atom stereocenters. The van der Waals surface area contributed by atoms with Gasteiger partial charge in [0.2, 0.25) is 11.8 Å².